The molecule has 3 N–H and O–H groups in total. The highest BCUT2D eigenvalue weighted by Crippen LogP contribution is 2.22. The minimum absolute atomic E-state index is 0.0357. The van der Waals surface area contributed by atoms with E-state index in [0.717, 1.165) is 17.8 Å². The Kier molecular flexibility index (Phi) is 5.62. The first-order valence-corrected chi connectivity index (χ1v) is 8.00. The van der Waals surface area contributed by atoms with Crippen LogP contribution in [0.3, 0.4) is 0 Å². The van der Waals surface area contributed by atoms with Gasteiger partial charge in [0.15, 0.2) is 0 Å². The number of anilines is 2. The van der Waals surface area contributed by atoms with E-state index in [1.807, 2.05) is 25.1 Å². The Labute approximate surface area is 127 Å². The maximum absolute atomic E-state index is 12.3. The Bertz CT molecular complexity index is 485. The van der Waals surface area contributed by atoms with Gasteiger partial charge in [-0.1, -0.05) is 25.8 Å². The quantitative estimate of drug-likeness (QED) is 0.819. The van der Waals surface area contributed by atoms with E-state index in [1.165, 1.54) is 32.1 Å². The topological polar surface area (TPSA) is 58.4 Å². The fraction of sp³-hybridized carbons (Fsp3) is 0.588. The van der Waals surface area contributed by atoms with Crippen molar-refractivity contribution in [1.82, 2.24) is 4.90 Å². The van der Waals surface area contributed by atoms with Gasteiger partial charge in [-0.25, -0.2) is 0 Å². The lowest BCUT2D eigenvalue weighted by atomic mass is 9.98. The summed E-state index contributed by atoms with van der Waals surface area (Å²) in [5.41, 5.74) is 8.40. The number of nitrogen functional groups attached to an aromatic ring is 1. The number of carbonyl (C=O) groups is 1. The van der Waals surface area contributed by atoms with Crippen LogP contribution < -0.4 is 11.1 Å². The van der Waals surface area contributed by atoms with E-state index in [-0.39, 0.29) is 5.91 Å². The Balaban J connectivity index is 1.93. The minimum atomic E-state index is 0.0357. The largest absolute Gasteiger partial charge is 0.397 e. The molecule has 0 bridgehead atoms. The summed E-state index contributed by atoms with van der Waals surface area (Å²) < 4.78 is 0. The Morgan fingerprint density at radius 2 is 2.24 bits per heavy atom. The van der Waals surface area contributed by atoms with Gasteiger partial charge in [0.05, 0.1) is 17.9 Å². The molecular formula is C17H27N3O. The number of hydrogen-bond acceptors (Lipinski definition) is 3. The number of nitrogens with one attached hydrogen (secondary N) is 1. The molecule has 1 unspecified atom stereocenters. The van der Waals surface area contributed by atoms with Crippen molar-refractivity contribution in [3.05, 3.63) is 23.8 Å². The van der Waals surface area contributed by atoms with Crippen LogP contribution in [0, 0.1) is 6.92 Å². The molecule has 1 atom stereocenters. The van der Waals surface area contributed by atoms with E-state index in [0.29, 0.717) is 18.3 Å². The molecule has 4 heteroatoms. The van der Waals surface area contributed by atoms with Crippen LogP contribution in [0.15, 0.2) is 18.2 Å². The number of benzene rings is 1. The lowest BCUT2D eigenvalue weighted by Crippen LogP contribution is -2.43. The molecule has 1 aliphatic rings. The fourth-order valence-electron chi connectivity index (χ4n) is 3.10. The van der Waals surface area contributed by atoms with Crippen molar-refractivity contribution in [3.8, 4) is 0 Å². The zero-order valence-corrected chi connectivity index (χ0v) is 13.2. The zero-order valence-electron chi connectivity index (χ0n) is 13.2. The summed E-state index contributed by atoms with van der Waals surface area (Å²) in [6.07, 6.45) is 6.05. The summed E-state index contributed by atoms with van der Waals surface area (Å²) >= 11 is 0. The third-order valence-corrected chi connectivity index (χ3v) is 4.20. The average Bonchev–Trinajstić information content (AvgIpc) is 2.44. The molecule has 1 heterocycles. The molecule has 0 radical (unpaired) electrons. The van der Waals surface area contributed by atoms with Gasteiger partial charge in [-0.3, -0.25) is 9.69 Å². The molecule has 1 amide bonds. The summed E-state index contributed by atoms with van der Waals surface area (Å²) in [6, 6.07) is 6.29. The van der Waals surface area contributed by atoms with Crippen LogP contribution in [0.1, 0.15) is 44.6 Å². The van der Waals surface area contributed by atoms with E-state index in [1.54, 1.807) is 0 Å². The normalized spacial score (nSPS) is 19.4. The van der Waals surface area contributed by atoms with Gasteiger partial charge in [-0.05, 0) is 50.4 Å². The van der Waals surface area contributed by atoms with Crippen molar-refractivity contribution < 1.29 is 4.79 Å². The second kappa shape index (κ2) is 7.46. The van der Waals surface area contributed by atoms with Gasteiger partial charge < -0.3 is 11.1 Å². The first-order valence-electron chi connectivity index (χ1n) is 8.00. The van der Waals surface area contributed by atoms with E-state index < -0.39 is 0 Å². The number of rotatable bonds is 5. The van der Waals surface area contributed by atoms with Gasteiger partial charge in [-0.15, -0.1) is 0 Å². The average molecular weight is 289 g/mol. The molecule has 116 valence electrons. The Hall–Kier alpha value is -1.55. The van der Waals surface area contributed by atoms with Crippen LogP contribution in [0.25, 0.3) is 0 Å². The number of amides is 1. The Morgan fingerprint density at radius 1 is 1.43 bits per heavy atom. The maximum Gasteiger partial charge on any atom is 0.238 e. The van der Waals surface area contributed by atoms with Gasteiger partial charge >= 0.3 is 0 Å². The van der Waals surface area contributed by atoms with Crippen molar-refractivity contribution >= 4 is 17.3 Å². The summed E-state index contributed by atoms with van der Waals surface area (Å²) in [5.74, 6) is 0.0357. The molecular weight excluding hydrogens is 262 g/mol. The number of nitrogens with zero attached hydrogens (tertiary/aromatic N) is 1. The SMILES string of the molecule is CCCC1CCCCN1CC(=O)Nc1ccc(C)cc1N. The molecule has 2 rings (SSSR count). The van der Waals surface area contributed by atoms with Crippen molar-refractivity contribution in [2.24, 2.45) is 0 Å². The molecule has 1 fully saturated rings. The first-order chi connectivity index (χ1) is 10.1. The standard InChI is InChI=1S/C17H27N3O/c1-3-6-14-7-4-5-10-20(14)12-17(21)19-16-9-8-13(2)11-15(16)18/h8-9,11,14H,3-7,10,12,18H2,1-2H3,(H,19,21). The molecule has 0 aliphatic carbocycles. The smallest absolute Gasteiger partial charge is 0.238 e. The lowest BCUT2D eigenvalue weighted by Gasteiger charge is -2.35. The predicted octanol–water partition coefficient (Wildman–Crippen LogP) is 3.17. The van der Waals surface area contributed by atoms with Crippen molar-refractivity contribution in [1.29, 1.82) is 0 Å². The fourth-order valence-corrected chi connectivity index (χ4v) is 3.10. The van der Waals surface area contributed by atoms with Crippen LogP contribution in [0.5, 0.6) is 0 Å². The van der Waals surface area contributed by atoms with Gasteiger partial charge in [-0.2, -0.15) is 0 Å². The van der Waals surface area contributed by atoms with Crippen LogP contribution in [0.2, 0.25) is 0 Å². The van der Waals surface area contributed by atoms with Crippen molar-refractivity contribution in [2.45, 2.75) is 52.0 Å². The molecule has 0 saturated carbocycles. The van der Waals surface area contributed by atoms with Crippen molar-refractivity contribution in [3.63, 3.8) is 0 Å². The molecule has 0 spiro atoms. The van der Waals surface area contributed by atoms with E-state index in [9.17, 15) is 4.79 Å². The maximum atomic E-state index is 12.3. The lowest BCUT2D eigenvalue weighted by molar-refractivity contribution is -0.118. The number of carbonyl (C=O) groups excluding carboxylic acids is 1. The highest BCUT2D eigenvalue weighted by Gasteiger charge is 2.23. The third kappa shape index (κ3) is 4.46. The van der Waals surface area contributed by atoms with Gasteiger partial charge in [0.2, 0.25) is 5.91 Å². The molecule has 1 saturated heterocycles. The minimum Gasteiger partial charge on any atom is -0.397 e. The zero-order chi connectivity index (χ0) is 15.2. The number of hydrogen-bond donors (Lipinski definition) is 2. The van der Waals surface area contributed by atoms with E-state index >= 15 is 0 Å². The second-order valence-electron chi connectivity index (χ2n) is 6.05. The van der Waals surface area contributed by atoms with E-state index in [2.05, 4.69) is 17.1 Å². The Morgan fingerprint density at radius 3 is 2.95 bits per heavy atom. The van der Waals surface area contributed by atoms with Crippen LogP contribution in [0.4, 0.5) is 11.4 Å². The summed E-state index contributed by atoms with van der Waals surface area (Å²) in [5, 5.41) is 2.94. The van der Waals surface area contributed by atoms with Crippen LogP contribution >= 0.6 is 0 Å². The van der Waals surface area contributed by atoms with Gasteiger partial charge in [0, 0.05) is 6.04 Å². The van der Waals surface area contributed by atoms with E-state index in [4.69, 9.17) is 5.73 Å². The van der Waals surface area contributed by atoms with Crippen LogP contribution in [-0.4, -0.2) is 29.9 Å². The third-order valence-electron chi connectivity index (χ3n) is 4.20. The molecule has 1 aromatic rings. The monoisotopic (exact) mass is 289 g/mol. The molecule has 1 aliphatic heterocycles. The highest BCUT2D eigenvalue weighted by atomic mass is 16.2. The predicted molar refractivity (Wildman–Crippen MR) is 88.3 cm³/mol. The van der Waals surface area contributed by atoms with Gasteiger partial charge in [0.25, 0.3) is 0 Å². The number of likely N-dealkylation sites (tertiary alicyclic amines) is 1. The number of piperidine rings is 1. The summed E-state index contributed by atoms with van der Waals surface area (Å²) in [7, 11) is 0. The summed E-state index contributed by atoms with van der Waals surface area (Å²) in [4.78, 5) is 14.6. The second-order valence-corrected chi connectivity index (χ2v) is 6.05. The summed E-state index contributed by atoms with van der Waals surface area (Å²) in [6.45, 7) is 5.70. The molecule has 4 nitrogen and oxygen atoms in total. The van der Waals surface area contributed by atoms with Crippen molar-refractivity contribution in [2.75, 3.05) is 24.1 Å². The molecule has 1 aromatic carbocycles. The molecule has 0 aromatic heterocycles. The highest BCUT2D eigenvalue weighted by molar-refractivity contribution is 5.95. The number of nitrogens with two attached hydrogens (primary N) is 1. The van der Waals surface area contributed by atoms with Gasteiger partial charge in [0.1, 0.15) is 0 Å². The molecule has 21 heavy (non-hydrogen) atoms. The van der Waals surface area contributed by atoms with Crippen LogP contribution in [-0.2, 0) is 4.79 Å². The number of aryl methyl sites for hydroxylation is 1. The first kappa shape index (κ1) is 15.8.